The first-order valence-electron chi connectivity index (χ1n) is 8.98. The van der Waals surface area contributed by atoms with E-state index in [4.69, 9.17) is 14.8 Å². The number of ether oxygens (including phenoxy) is 1. The summed E-state index contributed by atoms with van der Waals surface area (Å²) in [5.41, 5.74) is 1.64. The van der Waals surface area contributed by atoms with Gasteiger partial charge in [-0.2, -0.15) is 5.10 Å². The third kappa shape index (κ3) is 3.06. The van der Waals surface area contributed by atoms with Crippen molar-refractivity contribution in [2.24, 2.45) is 0 Å². The highest BCUT2D eigenvalue weighted by Crippen LogP contribution is 2.30. The van der Waals surface area contributed by atoms with Gasteiger partial charge in [0.2, 0.25) is 0 Å². The number of aromatic nitrogens is 4. The monoisotopic (exact) mass is 342 g/mol. The summed E-state index contributed by atoms with van der Waals surface area (Å²) in [4.78, 5) is 8.13. The van der Waals surface area contributed by atoms with Crippen molar-refractivity contribution in [2.45, 2.75) is 45.1 Å². The zero-order valence-corrected chi connectivity index (χ0v) is 14.6. The van der Waals surface area contributed by atoms with E-state index in [-0.39, 0.29) is 11.9 Å². The molecule has 1 aliphatic rings. The third-order valence-corrected chi connectivity index (χ3v) is 4.89. The molecule has 5 nitrogen and oxygen atoms in total. The summed E-state index contributed by atoms with van der Waals surface area (Å²) < 4.78 is 21.0. The van der Waals surface area contributed by atoms with Gasteiger partial charge >= 0.3 is 0 Å². The fourth-order valence-electron chi connectivity index (χ4n) is 3.48. The van der Waals surface area contributed by atoms with Crippen molar-refractivity contribution in [3.8, 4) is 11.5 Å². The standard InChI is InChI=1S/C19H23FN4O/c1-3-4-12(2)18-22-19(24(23-18)15-7-8-25-11-15)17-9-13-5-6-14(20)10-16(13)21-17/h5-6,9-10,12,15,21H,3-4,7-8,11H2,1-2H3. The fraction of sp³-hybridized carbons (Fsp3) is 0.474. The van der Waals surface area contributed by atoms with Crippen LogP contribution in [0.4, 0.5) is 4.39 Å². The number of aromatic amines is 1. The molecule has 4 rings (SSSR count). The summed E-state index contributed by atoms with van der Waals surface area (Å²) >= 11 is 0. The number of halogens is 1. The molecule has 25 heavy (non-hydrogen) atoms. The molecule has 0 bridgehead atoms. The van der Waals surface area contributed by atoms with Crippen LogP contribution < -0.4 is 0 Å². The molecule has 2 atom stereocenters. The minimum absolute atomic E-state index is 0.202. The Labute approximate surface area is 146 Å². The lowest BCUT2D eigenvalue weighted by Crippen LogP contribution is -2.12. The number of H-pyrrole nitrogens is 1. The predicted molar refractivity (Wildman–Crippen MR) is 95.1 cm³/mol. The Bertz CT molecular complexity index is 879. The molecule has 0 aliphatic carbocycles. The molecule has 3 aromatic rings. The molecule has 0 radical (unpaired) electrons. The van der Waals surface area contributed by atoms with Gasteiger partial charge in [-0.1, -0.05) is 20.3 Å². The molecule has 6 heteroatoms. The highest BCUT2D eigenvalue weighted by atomic mass is 19.1. The van der Waals surface area contributed by atoms with Crippen LogP contribution in [0.3, 0.4) is 0 Å². The van der Waals surface area contributed by atoms with E-state index in [9.17, 15) is 4.39 Å². The maximum absolute atomic E-state index is 13.5. The highest BCUT2D eigenvalue weighted by Gasteiger charge is 2.25. The van der Waals surface area contributed by atoms with Crippen LogP contribution in [0.5, 0.6) is 0 Å². The largest absolute Gasteiger partial charge is 0.379 e. The van der Waals surface area contributed by atoms with Gasteiger partial charge in [-0.15, -0.1) is 0 Å². The molecular weight excluding hydrogens is 319 g/mol. The fourth-order valence-corrected chi connectivity index (χ4v) is 3.48. The average molecular weight is 342 g/mol. The maximum atomic E-state index is 13.5. The number of benzene rings is 1. The van der Waals surface area contributed by atoms with Gasteiger partial charge in [-0.05, 0) is 37.1 Å². The van der Waals surface area contributed by atoms with Crippen LogP contribution in [-0.2, 0) is 4.74 Å². The number of nitrogens with one attached hydrogen (secondary N) is 1. The summed E-state index contributed by atoms with van der Waals surface area (Å²) in [5.74, 6) is 1.75. The first-order valence-corrected chi connectivity index (χ1v) is 8.98. The molecule has 2 aromatic heterocycles. The second kappa shape index (κ2) is 6.59. The molecule has 1 aromatic carbocycles. The van der Waals surface area contributed by atoms with E-state index < -0.39 is 0 Å². The van der Waals surface area contributed by atoms with Gasteiger partial charge in [-0.3, -0.25) is 0 Å². The second-order valence-electron chi connectivity index (χ2n) is 6.86. The van der Waals surface area contributed by atoms with Crippen molar-refractivity contribution in [1.29, 1.82) is 0 Å². The molecule has 0 saturated carbocycles. The summed E-state index contributed by atoms with van der Waals surface area (Å²) in [7, 11) is 0. The van der Waals surface area contributed by atoms with Gasteiger partial charge in [0.05, 0.1) is 18.3 Å². The molecule has 132 valence electrons. The van der Waals surface area contributed by atoms with Crippen LogP contribution in [-0.4, -0.2) is 33.0 Å². The van der Waals surface area contributed by atoms with Crippen molar-refractivity contribution in [2.75, 3.05) is 13.2 Å². The summed E-state index contributed by atoms with van der Waals surface area (Å²) in [5, 5.41) is 5.78. The van der Waals surface area contributed by atoms with E-state index in [1.807, 2.05) is 10.7 Å². The van der Waals surface area contributed by atoms with Crippen LogP contribution in [0.25, 0.3) is 22.4 Å². The number of hydrogen-bond donors (Lipinski definition) is 1. The molecular formula is C19H23FN4O. The number of nitrogens with zero attached hydrogens (tertiary/aromatic N) is 3. The number of rotatable bonds is 5. The Balaban J connectivity index is 1.79. The van der Waals surface area contributed by atoms with E-state index in [0.29, 0.717) is 12.5 Å². The molecule has 2 unspecified atom stereocenters. The second-order valence-corrected chi connectivity index (χ2v) is 6.86. The smallest absolute Gasteiger partial charge is 0.175 e. The summed E-state index contributed by atoms with van der Waals surface area (Å²) in [6.45, 7) is 5.75. The summed E-state index contributed by atoms with van der Waals surface area (Å²) in [6.07, 6.45) is 3.10. The molecule has 0 amide bonds. The molecule has 1 aliphatic heterocycles. The lowest BCUT2D eigenvalue weighted by Gasteiger charge is -2.10. The van der Waals surface area contributed by atoms with Crippen LogP contribution >= 0.6 is 0 Å². The number of fused-ring (bicyclic) bond motifs is 1. The minimum Gasteiger partial charge on any atom is -0.379 e. The molecule has 3 heterocycles. The maximum Gasteiger partial charge on any atom is 0.175 e. The van der Waals surface area contributed by atoms with E-state index in [1.165, 1.54) is 12.1 Å². The normalized spacial score (nSPS) is 18.9. The van der Waals surface area contributed by atoms with Crippen molar-refractivity contribution in [1.82, 2.24) is 19.7 Å². The van der Waals surface area contributed by atoms with Crippen LogP contribution in [0.2, 0.25) is 0 Å². The third-order valence-electron chi connectivity index (χ3n) is 4.89. The average Bonchev–Trinajstić information content (AvgIpc) is 3.32. The van der Waals surface area contributed by atoms with E-state index in [0.717, 1.165) is 54.1 Å². The Morgan fingerprint density at radius 1 is 1.40 bits per heavy atom. The molecule has 0 spiro atoms. The van der Waals surface area contributed by atoms with Gasteiger partial charge < -0.3 is 9.72 Å². The quantitative estimate of drug-likeness (QED) is 0.746. The van der Waals surface area contributed by atoms with Crippen LogP contribution in [0, 0.1) is 5.82 Å². The van der Waals surface area contributed by atoms with Gasteiger partial charge in [0.1, 0.15) is 5.82 Å². The molecule has 1 fully saturated rings. The van der Waals surface area contributed by atoms with Crippen molar-refractivity contribution < 1.29 is 9.13 Å². The summed E-state index contributed by atoms with van der Waals surface area (Å²) in [6, 6.07) is 6.99. The topological polar surface area (TPSA) is 55.7 Å². The van der Waals surface area contributed by atoms with E-state index >= 15 is 0 Å². The van der Waals surface area contributed by atoms with Gasteiger partial charge in [0.25, 0.3) is 0 Å². The Morgan fingerprint density at radius 2 is 2.28 bits per heavy atom. The Hall–Kier alpha value is -2.21. The zero-order valence-electron chi connectivity index (χ0n) is 14.6. The molecule has 1 saturated heterocycles. The Kier molecular flexibility index (Phi) is 4.29. The lowest BCUT2D eigenvalue weighted by molar-refractivity contribution is 0.184. The predicted octanol–water partition coefficient (Wildman–Crippen LogP) is 4.43. The highest BCUT2D eigenvalue weighted by molar-refractivity contribution is 5.84. The minimum atomic E-state index is -0.246. The van der Waals surface area contributed by atoms with Gasteiger partial charge in [0, 0.05) is 23.4 Å². The lowest BCUT2D eigenvalue weighted by atomic mass is 10.1. The first kappa shape index (κ1) is 16.3. The van der Waals surface area contributed by atoms with Crippen LogP contribution in [0.1, 0.15) is 50.9 Å². The first-order chi connectivity index (χ1) is 12.2. The van der Waals surface area contributed by atoms with E-state index in [1.54, 1.807) is 6.07 Å². The van der Waals surface area contributed by atoms with Crippen molar-refractivity contribution >= 4 is 10.9 Å². The van der Waals surface area contributed by atoms with Crippen molar-refractivity contribution in [3.05, 3.63) is 35.9 Å². The SMILES string of the molecule is CCCC(C)c1nc(-c2cc3ccc(F)cc3[nH]2)n(C2CCOC2)n1. The van der Waals surface area contributed by atoms with Gasteiger partial charge in [-0.25, -0.2) is 14.1 Å². The Morgan fingerprint density at radius 3 is 3.04 bits per heavy atom. The van der Waals surface area contributed by atoms with Crippen LogP contribution in [0.15, 0.2) is 24.3 Å². The zero-order chi connectivity index (χ0) is 17.4. The number of hydrogen-bond acceptors (Lipinski definition) is 3. The van der Waals surface area contributed by atoms with Gasteiger partial charge in [0.15, 0.2) is 11.6 Å². The molecule has 1 N–H and O–H groups in total. The van der Waals surface area contributed by atoms with Crippen molar-refractivity contribution in [3.63, 3.8) is 0 Å². The van der Waals surface area contributed by atoms with E-state index in [2.05, 4.69) is 18.8 Å².